The summed E-state index contributed by atoms with van der Waals surface area (Å²) in [4.78, 5) is 11.2. The van der Waals surface area contributed by atoms with Crippen LogP contribution in [-0.2, 0) is 9.53 Å². The van der Waals surface area contributed by atoms with Crippen LogP contribution in [-0.4, -0.2) is 24.2 Å². The average molecular weight is 171 g/mol. The Balaban J connectivity index is 2.19. The van der Waals surface area contributed by atoms with Crippen molar-refractivity contribution in [3.63, 3.8) is 0 Å². The van der Waals surface area contributed by atoms with E-state index in [0.29, 0.717) is 12.5 Å². The Hall–Kier alpha value is -0.570. The van der Waals surface area contributed by atoms with Crippen molar-refractivity contribution in [1.29, 1.82) is 0 Å². The van der Waals surface area contributed by atoms with E-state index in [-0.39, 0.29) is 11.6 Å². The zero-order valence-electron chi connectivity index (χ0n) is 8.02. The standard InChI is InChI=1S/C9H17NO2/c1-9(2,3)12-8(11)6-7-4-5-10-7/h7,10H,4-6H2,1-3H3/t7-/m1/s1. The highest BCUT2D eigenvalue weighted by molar-refractivity contribution is 5.70. The molecule has 3 heteroatoms. The van der Waals surface area contributed by atoms with Crippen LogP contribution in [0.25, 0.3) is 0 Å². The maximum atomic E-state index is 11.2. The fourth-order valence-electron chi connectivity index (χ4n) is 1.11. The molecule has 1 fully saturated rings. The summed E-state index contributed by atoms with van der Waals surface area (Å²) in [5, 5.41) is 3.16. The van der Waals surface area contributed by atoms with Crippen LogP contribution in [0, 0.1) is 0 Å². The molecule has 1 heterocycles. The van der Waals surface area contributed by atoms with Gasteiger partial charge in [-0.05, 0) is 33.7 Å². The van der Waals surface area contributed by atoms with Gasteiger partial charge in [-0.2, -0.15) is 0 Å². The van der Waals surface area contributed by atoms with Crippen LogP contribution in [0.2, 0.25) is 0 Å². The Kier molecular flexibility index (Phi) is 2.73. The number of hydrogen-bond acceptors (Lipinski definition) is 3. The van der Waals surface area contributed by atoms with Crippen molar-refractivity contribution in [1.82, 2.24) is 5.32 Å². The van der Waals surface area contributed by atoms with Crippen molar-refractivity contribution in [3.05, 3.63) is 0 Å². The molecule has 3 nitrogen and oxygen atoms in total. The van der Waals surface area contributed by atoms with E-state index in [1.807, 2.05) is 20.8 Å². The molecule has 1 rings (SSSR count). The molecule has 0 aromatic heterocycles. The molecule has 0 aromatic carbocycles. The highest BCUT2D eigenvalue weighted by Crippen LogP contribution is 2.12. The van der Waals surface area contributed by atoms with Gasteiger partial charge in [-0.3, -0.25) is 4.79 Å². The molecule has 0 spiro atoms. The van der Waals surface area contributed by atoms with Crippen LogP contribution < -0.4 is 5.32 Å². The van der Waals surface area contributed by atoms with Crippen LogP contribution in [0.15, 0.2) is 0 Å². The number of carbonyl (C=O) groups excluding carboxylic acids is 1. The first-order valence-electron chi connectivity index (χ1n) is 4.42. The zero-order valence-corrected chi connectivity index (χ0v) is 8.02. The van der Waals surface area contributed by atoms with Gasteiger partial charge in [-0.25, -0.2) is 0 Å². The predicted octanol–water partition coefficient (Wildman–Crippen LogP) is 1.08. The topological polar surface area (TPSA) is 38.3 Å². The second-order valence-electron chi connectivity index (χ2n) is 4.23. The van der Waals surface area contributed by atoms with E-state index >= 15 is 0 Å². The summed E-state index contributed by atoms with van der Waals surface area (Å²) in [6.07, 6.45) is 1.61. The SMILES string of the molecule is CC(C)(C)OC(=O)C[C@H]1CCN1. The van der Waals surface area contributed by atoms with Crippen LogP contribution in [0.3, 0.4) is 0 Å². The molecule has 1 aliphatic rings. The minimum absolute atomic E-state index is 0.0975. The molecule has 0 unspecified atom stereocenters. The lowest BCUT2D eigenvalue weighted by atomic mass is 10.0. The Morgan fingerprint density at radius 2 is 2.17 bits per heavy atom. The van der Waals surface area contributed by atoms with Crippen molar-refractivity contribution in [2.24, 2.45) is 0 Å². The minimum Gasteiger partial charge on any atom is -0.460 e. The van der Waals surface area contributed by atoms with E-state index in [0.717, 1.165) is 13.0 Å². The van der Waals surface area contributed by atoms with E-state index in [4.69, 9.17) is 4.74 Å². The third kappa shape index (κ3) is 3.22. The molecular weight excluding hydrogens is 154 g/mol. The first-order valence-corrected chi connectivity index (χ1v) is 4.42. The maximum Gasteiger partial charge on any atom is 0.307 e. The highest BCUT2D eigenvalue weighted by Gasteiger charge is 2.23. The first-order chi connectivity index (χ1) is 5.47. The zero-order chi connectivity index (χ0) is 9.19. The molecular formula is C9H17NO2. The van der Waals surface area contributed by atoms with Crippen molar-refractivity contribution in [2.45, 2.75) is 45.3 Å². The molecule has 0 bridgehead atoms. The van der Waals surface area contributed by atoms with E-state index in [2.05, 4.69) is 5.32 Å². The molecule has 0 aliphatic carbocycles. The molecule has 1 aliphatic heterocycles. The Bertz CT molecular complexity index is 168. The predicted molar refractivity (Wildman–Crippen MR) is 46.9 cm³/mol. The summed E-state index contributed by atoms with van der Waals surface area (Å²) < 4.78 is 5.17. The Morgan fingerprint density at radius 3 is 2.50 bits per heavy atom. The maximum absolute atomic E-state index is 11.2. The van der Waals surface area contributed by atoms with Crippen LogP contribution in [0.5, 0.6) is 0 Å². The molecule has 70 valence electrons. The Labute approximate surface area is 73.5 Å². The average Bonchev–Trinajstić information content (AvgIpc) is 1.74. The van der Waals surface area contributed by atoms with Crippen molar-refractivity contribution in [3.8, 4) is 0 Å². The number of hydrogen-bond donors (Lipinski definition) is 1. The quantitative estimate of drug-likeness (QED) is 0.632. The molecule has 12 heavy (non-hydrogen) atoms. The van der Waals surface area contributed by atoms with Gasteiger partial charge in [-0.1, -0.05) is 0 Å². The summed E-state index contributed by atoms with van der Waals surface area (Å²) in [5.41, 5.74) is -0.346. The third-order valence-electron chi connectivity index (χ3n) is 1.76. The number of nitrogens with one attached hydrogen (secondary N) is 1. The fraction of sp³-hybridized carbons (Fsp3) is 0.889. The van der Waals surface area contributed by atoms with Gasteiger partial charge in [0.2, 0.25) is 0 Å². The fourth-order valence-corrected chi connectivity index (χ4v) is 1.11. The van der Waals surface area contributed by atoms with Crippen LogP contribution in [0.4, 0.5) is 0 Å². The van der Waals surface area contributed by atoms with E-state index < -0.39 is 0 Å². The van der Waals surface area contributed by atoms with Crippen LogP contribution in [0.1, 0.15) is 33.6 Å². The number of esters is 1. The van der Waals surface area contributed by atoms with Gasteiger partial charge in [0.15, 0.2) is 0 Å². The minimum atomic E-state index is -0.346. The highest BCUT2D eigenvalue weighted by atomic mass is 16.6. The second kappa shape index (κ2) is 3.44. The van der Waals surface area contributed by atoms with Crippen LogP contribution >= 0.6 is 0 Å². The Morgan fingerprint density at radius 1 is 1.58 bits per heavy atom. The van der Waals surface area contributed by atoms with Crippen molar-refractivity contribution < 1.29 is 9.53 Å². The number of ether oxygens (including phenoxy) is 1. The molecule has 1 N–H and O–H groups in total. The largest absolute Gasteiger partial charge is 0.460 e. The molecule has 1 atom stereocenters. The van der Waals surface area contributed by atoms with E-state index in [9.17, 15) is 4.79 Å². The second-order valence-corrected chi connectivity index (χ2v) is 4.23. The molecule has 0 saturated carbocycles. The first kappa shape index (κ1) is 9.52. The van der Waals surface area contributed by atoms with Gasteiger partial charge >= 0.3 is 5.97 Å². The van der Waals surface area contributed by atoms with Gasteiger partial charge in [0.1, 0.15) is 5.60 Å². The van der Waals surface area contributed by atoms with Gasteiger partial charge in [0.25, 0.3) is 0 Å². The summed E-state index contributed by atoms with van der Waals surface area (Å²) in [7, 11) is 0. The normalized spacial score (nSPS) is 23.1. The van der Waals surface area contributed by atoms with Gasteiger partial charge < -0.3 is 10.1 Å². The third-order valence-corrected chi connectivity index (χ3v) is 1.76. The lowest BCUT2D eigenvalue weighted by Crippen LogP contribution is -2.44. The summed E-state index contributed by atoms with van der Waals surface area (Å²) in [5.74, 6) is -0.0975. The van der Waals surface area contributed by atoms with E-state index in [1.165, 1.54) is 0 Å². The lowest BCUT2D eigenvalue weighted by molar-refractivity contribution is -0.155. The molecule has 1 saturated heterocycles. The van der Waals surface area contributed by atoms with Gasteiger partial charge in [0, 0.05) is 6.04 Å². The molecule has 0 radical (unpaired) electrons. The van der Waals surface area contributed by atoms with E-state index in [1.54, 1.807) is 0 Å². The van der Waals surface area contributed by atoms with Gasteiger partial charge in [0.05, 0.1) is 6.42 Å². The summed E-state index contributed by atoms with van der Waals surface area (Å²) >= 11 is 0. The number of rotatable bonds is 2. The monoisotopic (exact) mass is 171 g/mol. The summed E-state index contributed by atoms with van der Waals surface area (Å²) in [6.45, 7) is 6.70. The molecule has 0 aromatic rings. The van der Waals surface area contributed by atoms with Gasteiger partial charge in [-0.15, -0.1) is 0 Å². The number of carbonyl (C=O) groups is 1. The van der Waals surface area contributed by atoms with Crippen molar-refractivity contribution in [2.75, 3.05) is 6.54 Å². The molecule has 0 amide bonds. The van der Waals surface area contributed by atoms with Crippen molar-refractivity contribution >= 4 is 5.97 Å². The smallest absolute Gasteiger partial charge is 0.307 e. The lowest BCUT2D eigenvalue weighted by Gasteiger charge is -2.28. The summed E-state index contributed by atoms with van der Waals surface area (Å²) in [6, 6.07) is 0.361.